The fraction of sp³-hybridized carbons (Fsp3) is 0.875. The third-order valence-electron chi connectivity index (χ3n) is 0.744. The molecule has 0 aliphatic heterocycles. The Morgan fingerprint density at radius 2 is 1.45 bits per heavy atom. The summed E-state index contributed by atoms with van der Waals surface area (Å²) in [6, 6.07) is 0. The van der Waals surface area contributed by atoms with Crippen LogP contribution >= 0.6 is 0 Å². The quantitative estimate of drug-likeness (QED) is 0.601. The summed E-state index contributed by atoms with van der Waals surface area (Å²) in [4.78, 5) is 0. The topological polar surface area (TPSA) is 33.0 Å². The van der Waals surface area contributed by atoms with Crippen LogP contribution in [0.15, 0.2) is 0 Å². The number of rotatable bonds is 2. The highest BCUT2D eigenvalue weighted by atomic mass is 28.3. The van der Waals surface area contributed by atoms with Gasteiger partial charge in [-0.2, -0.15) is 0 Å². The first-order chi connectivity index (χ1) is 4.97. The summed E-state index contributed by atoms with van der Waals surface area (Å²) in [6.45, 7) is 11.7. The lowest BCUT2D eigenvalue weighted by molar-refractivity contribution is 0.162. The summed E-state index contributed by atoms with van der Waals surface area (Å²) < 4.78 is 4.83. The number of ether oxygens (including phenoxy) is 1. The first-order valence-electron chi connectivity index (χ1n) is 3.97. The molecule has 0 bridgehead atoms. The van der Waals surface area contributed by atoms with Crippen molar-refractivity contribution < 1.29 is 4.74 Å². The van der Waals surface area contributed by atoms with E-state index >= 15 is 0 Å². The molecule has 11 heavy (non-hydrogen) atoms. The molecule has 0 amide bonds. The van der Waals surface area contributed by atoms with E-state index in [9.17, 15) is 0 Å². The van der Waals surface area contributed by atoms with Gasteiger partial charge in [0.05, 0.1) is 0 Å². The molecule has 0 heterocycles. The van der Waals surface area contributed by atoms with Crippen LogP contribution in [0.2, 0.25) is 19.6 Å². The minimum atomic E-state index is -1.33. The van der Waals surface area contributed by atoms with Gasteiger partial charge in [0.25, 0.3) is 0 Å². The van der Waals surface area contributed by atoms with E-state index in [2.05, 4.69) is 5.69 Å². The van der Waals surface area contributed by atoms with Crippen LogP contribution in [0.25, 0.3) is 0 Å². The van der Waals surface area contributed by atoms with E-state index in [0.29, 0.717) is 0 Å². The largest absolute Gasteiger partial charge is 0.382 e. The van der Waals surface area contributed by atoms with Gasteiger partial charge >= 0.3 is 0 Å². The molecule has 0 aliphatic rings. The Morgan fingerprint density at radius 1 is 1.18 bits per heavy atom. The molecule has 0 unspecified atom stereocenters. The van der Waals surface area contributed by atoms with Crippen molar-refractivity contribution in [3.63, 3.8) is 0 Å². The molecular formula is C8H19NOSi. The van der Waals surface area contributed by atoms with E-state index in [0.717, 1.165) is 13.2 Å². The van der Waals surface area contributed by atoms with E-state index in [-0.39, 0.29) is 0 Å². The van der Waals surface area contributed by atoms with Crippen LogP contribution in [0.4, 0.5) is 0 Å². The Morgan fingerprint density at radius 3 is 1.45 bits per heavy atom. The molecule has 0 saturated carbocycles. The lowest BCUT2D eigenvalue weighted by Crippen LogP contribution is -2.15. The highest BCUT2D eigenvalue weighted by Gasteiger charge is 2.09. The number of nitriles is 1. The van der Waals surface area contributed by atoms with Gasteiger partial charge in [-0.05, 0) is 13.8 Å². The van der Waals surface area contributed by atoms with Crippen LogP contribution in [0.3, 0.4) is 0 Å². The minimum Gasteiger partial charge on any atom is -0.382 e. The second kappa shape index (κ2) is 7.77. The Kier molecular flexibility index (Phi) is 9.37. The Hall–Kier alpha value is -0.333. The Labute approximate surface area is 71.2 Å². The van der Waals surface area contributed by atoms with Crippen molar-refractivity contribution in [3.05, 3.63) is 0 Å². The minimum absolute atomic E-state index is 0.844. The second-order valence-corrected chi connectivity index (χ2v) is 7.87. The average Bonchev–Trinajstić information content (AvgIpc) is 1.90. The number of nitrogens with zero attached hydrogens (tertiary/aromatic N) is 1. The molecule has 0 aliphatic carbocycles. The Balaban J connectivity index is 0. The molecule has 0 fully saturated rings. The molecule has 2 nitrogen and oxygen atoms in total. The van der Waals surface area contributed by atoms with Crippen LogP contribution in [0.5, 0.6) is 0 Å². The van der Waals surface area contributed by atoms with Gasteiger partial charge in [-0.25, -0.2) is 5.26 Å². The molecular weight excluding hydrogens is 154 g/mol. The third-order valence-corrected chi connectivity index (χ3v) is 1.41. The van der Waals surface area contributed by atoms with Gasteiger partial charge < -0.3 is 4.74 Å². The predicted octanol–water partition coefficient (Wildman–Crippen LogP) is 2.43. The molecule has 0 rings (SSSR count). The van der Waals surface area contributed by atoms with Gasteiger partial charge in [-0.15, -0.1) is 0 Å². The van der Waals surface area contributed by atoms with E-state index < -0.39 is 8.07 Å². The fourth-order valence-corrected chi connectivity index (χ4v) is 0.204. The molecule has 0 N–H and O–H groups in total. The van der Waals surface area contributed by atoms with Gasteiger partial charge in [0, 0.05) is 18.9 Å². The molecule has 0 aromatic heterocycles. The van der Waals surface area contributed by atoms with Gasteiger partial charge in [-0.1, -0.05) is 19.6 Å². The maximum absolute atomic E-state index is 8.21. The summed E-state index contributed by atoms with van der Waals surface area (Å²) in [7, 11) is -1.33. The maximum Gasteiger partial charge on any atom is 0.164 e. The van der Waals surface area contributed by atoms with E-state index in [4.69, 9.17) is 10.00 Å². The fourth-order valence-electron chi connectivity index (χ4n) is 0.204. The van der Waals surface area contributed by atoms with Crippen LogP contribution in [-0.4, -0.2) is 21.3 Å². The van der Waals surface area contributed by atoms with Crippen LogP contribution in [0.1, 0.15) is 13.8 Å². The first-order valence-corrected chi connectivity index (χ1v) is 7.47. The van der Waals surface area contributed by atoms with Gasteiger partial charge in [-0.3, -0.25) is 0 Å². The van der Waals surface area contributed by atoms with E-state index in [1.54, 1.807) is 0 Å². The molecule has 0 saturated heterocycles. The smallest absolute Gasteiger partial charge is 0.164 e. The lowest BCUT2D eigenvalue weighted by atomic mass is 10.8. The standard InChI is InChI=1S/C4H9NSi.C4H10O/c1-6(2,3)4-5;1-3-5-4-2/h1-3H3;3-4H2,1-2H3. The molecule has 0 radical (unpaired) electrons. The monoisotopic (exact) mass is 173 g/mol. The summed E-state index contributed by atoms with van der Waals surface area (Å²) in [5, 5.41) is 8.21. The van der Waals surface area contributed by atoms with Crippen LogP contribution in [-0.2, 0) is 4.74 Å². The summed E-state index contributed by atoms with van der Waals surface area (Å²) >= 11 is 0. The van der Waals surface area contributed by atoms with Crippen LogP contribution in [0, 0.1) is 11.0 Å². The molecule has 3 heteroatoms. The highest BCUT2D eigenvalue weighted by Crippen LogP contribution is 1.94. The molecule has 0 aromatic carbocycles. The number of hydrogen-bond donors (Lipinski definition) is 0. The number of hydrogen-bond acceptors (Lipinski definition) is 2. The molecule has 0 spiro atoms. The first kappa shape index (κ1) is 13.3. The third kappa shape index (κ3) is 26.1. The average molecular weight is 173 g/mol. The van der Waals surface area contributed by atoms with Crippen molar-refractivity contribution in [1.82, 2.24) is 0 Å². The van der Waals surface area contributed by atoms with Gasteiger partial charge in [0.1, 0.15) is 0 Å². The van der Waals surface area contributed by atoms with Crippen molar-refractivity contribution >= 4 is 8.07 Å². The maximum atomic E-state index is 8.21. The molecule has 0 aromatic rings. The predicted molar refractivity (Wildman–Crippen MR) is 51.1 cm³/mol. The Bertz CT molecular complexity index is 110. The van der Waals surface area contributed by atoms with Crippen LogP contribution < -0.4 is 0 Å². The SMILES string of the molecule is CCOCC.C[Si](C)(C)C#N. The summed E-state index contributed by atoms with van der Waals surface area (Å²) in [5.41, 5.74) is 2.24. The zero-order valence-corrected chi connectivity index (χ0v) is 9.27. The van der Waals surface area contributed by atoms with Crippen molar-refractivity contribution in [2.24, 2.45) is 0 Å². The second-order valence-electron chi connectivity index (χ2n) is 3.14. The summed E-state index contributed by atoms with van der Waals surface area (Å²) in [6.07, 6.45) is 0. The van der Waals surface area contributed by atoms with Crippen molar-refractivity contribution in [3.8, 4) is 5.69 Å². The van der Waals surface area contributed by atoms with Gasteiger partial charge in [0.2, 0.25) is 0 Å². The van der Waals surface area contributed by atoms with Gasteiger partial charge in [0.15, 0.2) is 8.07 Å². The van der Waals surface area contributed by atoms with E-state index in [1.165, 1.54) is 0 Å². The normalized spacial score (nSPS) is 9.45. The lowest BCUT2D eigenvalue weighted by Gasteiger charge is -1.96. The van der Waals surface area contributed by atoms with Crippen molar-refractivity contribution in [2.75, 3.05) is 13.2 Å². The summed E-state index contributed by atoms with van der Waals surface area (Å²) in [5.74, 6) is 0. The van der Waals surface area contributed by atoms with E-state index in [1.807, 2.05) is 33.5 Å². The zero-order chi connectivity index (χ0) is 9.33. The van der Waals surface area contributed by atoms with Crippen molar-refractivity contribution in [2.45, 2.75) is 33.5 Å². The van der Waals surface area contributed by atoms with Crippen molar-refractivity contribution in [1.29, 1.82) is 5.26 Å². The molecule has 0 atom stereocenters. The molecule has 66 valence electrons. The highest BCUT2D eigenvalue weighted by molar-refractivity contribution is 6.83. The zero-order valence-electron chi connectivity index (χ0n) is 8.27.